The summed E-state index contributed by atoms with van der Waals surface area (Å²) in [6.45, 7) is 8.50. The predicted octanol–water partition coefficient (Wildman–Crippen LogP) is 4.39. The molecule has 0 saturated carbocycles. The zero-order chi connectivity index (χ0) is 23.5. The number of anilines is 1. The van der Waals surface area contributed by atoms with Gasteiger partial charge in [-0.2, -0.15) is 0 Å². The molecule has 1 N–H and O–H groups in total. The molecule has 2 amide bonds. The Morgan fingerprint density at radius 2 is 1.94 bits per heavy atom. The first-order chi connectivity index (χ1) is 15.1. The zero-order valence-corrected chi connectivity index (χ0v) is 19.7. The maximum Gasteiger partial charge on any atom is 0.263 e. The van der Waals surface area contributed by atoms with Crippen LogP contribution in [0.1, 0.15) is 45.2 Å². The van der Waals surface area contributed by atoms with Crippen LogP contribution in [0.4, 0.5) is 5.69 Å². The number of rotatable bonds is 6. The molecule has 2 aromatic rings. The minimum Gasteiger partial charge on any atom is -0.493 e. The number of carbonyl (C=O) groups is 2. The van der Waals surface area contributed by atoms with Crippen molar-refractivity contribution in [2.75, 3.05) is 19.5 Å². The Morgan fingerprint density at radius 1 is 1.19 bits per heavy atom. The Morgan fingerprint density at radius 3 is 2.59 bits per heavy atom. The van der Waals surface area contributed by atoms with Gasteiger partial charge in [0, 0.05) is 36.3 Å². The predicted molar refractivity (Wildman–Crippen MR) is 123 cm³/mol. The van der Waals surface area contributed by atoms with Gasteiger partial charge >= 0.3 is 0 Å². The lowest BCUT2D eigenvalue weighted by atomic mass is 9.92. The average Bonchev–Trinajstić information content (AvgIpc) is 2.83. The van der Waals surface area contributed by atoms with Crippen molar-refractivity contribution in [3.05, 3.63) is 47.5 Å². The van der Waals surface area contributed by atoms with Gasteiger partial charge in [0.05, 0.1) is 14.2 Å². The van der Waals surface area contributed by atoms with Crippen LogP contribution in [0.3, 0.4) is 0 Å². The number of carbonyl (C=O) groups excluding carboxylic acids is 2. The molecule has 2 aromatic carbocycles. The number of hydrogen-bond donors (Lipinski definition) is 1. The first-order valence-electron chi connectivity index (χ1n) is 10.7. The van der Waals surface area contributed by atoms with Crippen LogP contribution in [-0.2, 0) is 22.7 Å². The molecule has 7 heteroatoms. The standard InChI is InChI=1S/C25H32N2O5/c1-16-24(29)27(14-17-8-7-9-21(30-5)23(17)31-6)15-18-12-19(10-11-20(18)32-16)26-22(28)13-25(2,3)4/h7-12,16H,13-15H2,1-6H3,(H,26,28). The van der Waals surface area contributed by atoms with Crippen LogP contribution < -0.4 is 19.5 Å². The first kappa shape index (κ1) is 23.4. The fourth-order valence-corrected chi connectivity index (χ4v) is 3.78. The molecule has 0 radical (unpaired) electrons. The first-order valence-corrected chi connectivity index (χ1v) is 10.7. The summed E-state index contributed by atoms with van der Waals surface area (Å²) < 4.78 is 16.8. The van der Waals surface area contributed by atoms with Crippen molar-refractivity contribution in [2.24, 2.45) is 5.41 Å². The van der Waals surface area contributed by atoms with Crippen LogP contribution in [0.2, 0.25) is 0 Å². The summed E-state index contributed by atoms with van der Waals surface area (Å²) in [4.78, 5) is 27.2. The molecule has 1 aliphatic heterocycles. The third-order valence-electron chi connectivity index (χ3n) is 5.21. The number of methoxy groups -OCH3 is 2. The second-order valence-corrected chi connectivity index (χ2v) is 9.22. The molecule has 0 aliphatic carbocycles. The molecular formula is C25H32N2O5. The fraction of sp³-hybridized carbons (Fsp3) is 0.440. The Balaban J connectivity index is 1.86. The third kappa shape index (κ3) is 5.52. The monoisotopic (exact) mass is 440 g/mol. The number of benzene rings is 2. The van der Waals surface area contributed by atoms with E-state index >= 15 is 0 Å². The molecule has 1 heterocycles. The van der Waals surface area contributed by atoms with Crippen LogP contribution in [-0.4, -0.2) is 37.0 Å². The maximum absolute atomic E-state index is 13.1. The number of para-hydroxylation sites is 1. The summed E-state index contributed by atoms with van der Waals surface area (Å²) in [7, 11) is 3.17. The van der Waals surface area contributed by atoms with E-state index in [0.717, 1.165) is 11.1 Å². The largest absolute Gasteiger partial charge is 0.493 e. The van der Waals surface area contributed by atoms with E-state index in [0.29, 0.717) is 42.4 Å². The molecule has 0 aromatic heterocycles. The van der Waals surface area contributed by atoms with Gasteiger partial charge in [-0.05, 0) is 36.6 Å². The van der Waals surface area contributed by atoms with Crippen molar-refractivity contribution >= 4 is 17.5 Å². The number of nitrogens with one attached hydrogen (secondary N) is 1. The number of hydrogen-bond acceptors (Lipinski definition) is 5. The molecule has 0 bridgehead atoms. The lowest BCUT2D eigenvalue weighted by Gasteiger charge is -2.24. The second-order valence-electron chi connectivity index (χ2n) is 9.22. The van der Waals surface area contributed by atoms with Crippen LogP contribution in [0.25, 0.3) is 0 Å². The van der Waals surface area contributed by atoms with E-state index in [-0.39, 0.29) is 17.2 Å². The highest BCUT2D eigenvalue weighted by atomic mass is 16.5. The van der Waals surface area contributed by atoms with Crippen molar-refractivity contribution in [3.8, 4) is 17.2 Å². The van der Waals surface area contributed by atoms with E-state index in [1.54, 1.807) is 38.2 Å². The van der Waals surface area contributed by atoms with Gasteiger partial charge in [0.25, 0.3) is 5.91 Å². The summed E-state index contributed by atoms with van der Waals surface area (Å²) in [6.07, 6.45) is -0.216. The Hall–Kier alpha value is -3.22. The number of nitrogens with zero attached hydrogens (tertiary/aromatic N) is 1. The molecule has 0 saturated heterocycles. The smallest absolute Gasteiger partial charge is 0.263 e. The summed E-state index contributed by atoms with van der Waals surface area (Å²) in [5.41, 5.74) is 2.25. The van der Waals surface area contributed by atoms with Gasteiger partial charge < -0.3 is 24.4 Å². The summed E-state index contributed by atoms with van der Waals surface area (Å²) in [6, 6.07) is 11.1. The van der Waals surface area contributed by atoms with Crippen molar-refractivity contribution in [1.82, 2.24) is 4.90 Å². The normalized spacial score (nSPS) is 16.0. The topological polar surface area (TPSA) is 77.1 Å². The highest BCUT2D eigenvalue weighted by Crippen LogP contribution is 2.34. The zero-order valence-electron chi connectivity index (χ0n) is 19.7. The number of ether oxygens (including phenoxy) is 3. The molecule has 32 heavy (non-hydrogen) atoms. The molecule has 3 rings (SSSR count). The van der Waals surface area contributed by atoms with Gasteiger partial charge in [0.2, 0.25) is 5.91 Å². The molecule has 1 atom stereocenters. The van der Waals surface area contributed by atoms with E-state index in [1.807, 2.05) is 45.0 Å². The minimum absolute atomic E-state index is 0.0468. The Labute approximate surface area is 189 Å². The molecule has 172 valence electrons. The van der Waals surface area contributed by atoms with Gasteiger partial charge in [-0.15, -0.1) is 0 Å². The van der Waals surface area contributed by atoms with Crippen molar-refractivity contribution in [2.45, 2.75) is 53.3 Å². The quantitative estimate of drug-likeness (QED) is 0.721. The van der Waals surface area contributed by atoms with Crippen LogP contribution in [0.15, 0.2) is 36.4 Å². The SMILES string of the molecule is COc1cccc(CN2Cc3cc(NC(=O)CC(C)(C)C)ccc3OC(C)C2=O)c1OC. The lowest BCUT2D eigenvalue weighted by Crippen LogP contribution is -2.37. The molecule has 0 fully saturated rings. The van der Waals surface area contributed by atoms with Crippen molar-refractivity contribution in [1.29, 1.82) is 0 Å². The highest BCUT2D eigenvalue weighted by Gasteiger charge is 2.29. The minimum atomic E-state index is -0.630. The molecule has 1 unspecified atom stereocenters. The molecule has 7 nitrogen and oxygen atoms in total. The van der Waals surface area contributed by atoms with Crippen LogP contribution >= 0.6 is 0 Å². The summed E-state index contributed by atoms with van der Waals surface area (Å²) >= 11 is 0. The second kappa shape index (κ2) is 9.51. The summed E-state index contributed by atoms with van der Waals surface area (Å²) in [5, 5.41) is 2.95. The maximum atomic E-state index is 13.1. The van der Waals surface area contributed by atoms with Gasteiger partial charge in [-0.1, -0.05) is 32.9 Å². The average molecular weight is 441 g/mol. The van der Waals surface area contributed by atoms with Gasteiger partial charge in [0.1, 0.15) is 5.75 Å². The van der Waals surface area contributed by atoms with E-state index in [2.05, 4.69) is 5.32 Å². The van der Waals surface area contributed by atoms with Gasteiger partial charge in [-0.25, -0.2) is 0 Å². The lowest BCUT2D eigenvalue weighted by molar-refractivity contribution is -0.138. The molecule has 1 aliphatic rings. The van der Waals surface area contributed by atoms with E-state index in [4.69, 9.17) is 14.2 Å². The molecule has 0 spiro atoms. The third-order valence-corrected chi connectivity index (χ3v) is 5.21. The Kier molecular flexibility index (Phi) is 6.96. The number of fused-ring (bicyclic) bond motifs is 1. The van der Waals surface area contributed by atoms with Crippen LogP contribution in [0, 0.1) is 5.41 Å². The van der Waals surface area contributed by atoms with E-state index in [9.17, 15) is 9.59 Å². The molecular weight excluding hydrogens is 408 g/mol. The summed E-state index contributed by atoms with van der Waals surface area (Å²) in [5.74, 6) is 1.68. The number of amides is 2. The van der Waals surface area contributed by atoms with Crippen molar-refractivity contribution in [3.63, 3.8) is 0 Å². The van der Waals surface area contributed by atoms with Crippen molar-refractivity contribution < 1.29 is 23.8 Å². The van der Waals surface area contributed by atoms with E-state index < -0.39 is 6.10 Å². The van der Waals surface area contributed by atoms with Crippen LogP contribution in [0.5, 0.6) is 17.2 Å². The highest BCUT2D eigenvalue weighted by molar-refractivity contribution is 5.91. The van der Waals surface area contributed by atoms with Gasteiger partial charge in [-0.3, -0.25) is 9.59 Å². The van der Waals surface area contributed by atoms with E-state index in [1.165, 1.54) is 0 Å². The Bertz CT molecular complexity index is 996. The fourth-order valence-electron chi connectivity index (χ4n) is 3.78. The van der Waals surface area contributed by atoms with Gasteiger partial charge in [0.15, 0.2) is 17.6 Å².